The van der Waals surface area contributed by atoms with Crippen molar-refractivity contribution in [2.45, 2.75) is 25.8 Å². The molecule has 0 aliphatic rings. The molecule has 102 valence electrons. The Balaban J connectivity index is 2.30. The Labute approximate surface area is 107 Å². The van der Waals surface area contributed by atoms with Crippen LogP contribution in [-0.2, 0) is 16.4 Å². The van der Waals surface area contributed by atoms with Gasteiger partial charge in [0.2, 0.25) is 10.0 Å². The maximum Gasteiger partial charge on any atom is 0.209 e. The van der Waals surface area contributed by atoms with Gasteiger partial charge in [-0.1, -0.05) is 18.2 Å². The first-order chi connectivity index (χ1) is 8.38. The lowest BCUT2D eigenvalue weighted by Crippen LogP contribution is -2.31. The molecule has 0 aliphatic carbocycles. The van der Waals surface area contributed by atoms with E-state index in [1.807, 2.05) is 6.92 Å². The Hall–Kier alpha value is -0.980. The van der Waals surface area contributed by atoms with Gasteiger partial charge in [-0.3, -0.25) is 0 Å². The molecule has 0 bridgehead atoms. The standard InChI is InChI=1S/C12H19FN2O2S/c1-10(15-7-4-8-18(14,16)17)9-11-5-2-3-6-12(11)13/h2-3,5-6,10,15H,4,7-9H2,1H3,(H2,14,16,17). The molecule has 1 rings (SSSR count). The molecule has 1 aromatic rings. The van der Waals surface area contributed by atoms with Gasteiger partial charge in [-0.25, -0.2) is 17.9 Å². The van der Waals surface area contributed by atoms with Gasteiger partial charge >= 0.3 is 0 Å². The highest BCUT2D eigenvalue weighted by atomic mass is 32.2. The van der Waals surface area contributed by atoms with Gasteiger partial charge in [0.25, 0.3) is 0 Å². The third kappa shape index (κ3) is 6.09. The van der Waals surface area contributed by atoms with Crippen LogP contribution >= 0.6 is 0 Å². The molecule has 3 N–H and O–H groups in total. The first kappa shape index (κ1) is 15.1. The van der Waals surface area contributed by atoms with Crippen LogP contribution in [0, 0.1) is 5.82 Å². The number of rotatable bonds is 7. The maximum atomic E-state index is 13.4. The van der Waals surface area contributed by atoms with Crippen molar-refractivity contribution in [1.82, 2.24) is 5.32 Å². The summed E-state index contributed by atoms with van der Waals surface area (Å²) in [6.45, 7) is 2.48. The van der Waals surface area contributed by atoms with Crippen molar-refractivity contribution in [1.29, 1.82) is 0 Å². The highest BCUT2D eigenvalue weighted by molar-refractivity contribution is 7.89. The highest BCUT2D eigenvalue weighted by Crippen LogP contribution is 2.08. The van der Waals surface area contributed by atoms with Gasteiger partial charge < -0.3 is 5.32 Å². The fraction of sp³-hybridized carbons (Fsp3) is 0.500. The Morgan fingerprint density at radius 2 is 2.06 bits per heavy atom. The highest BCUT2D eigenvalue weighted by Gasteiger charge is 2.07. The molecule has 0 aliphatic heterocycles. The fourth-order valence-electron chi connectivity index (χ4n) is 1.69. The first-order valence-electron chi connectivity index (χ1n) is 5.86. The molecule has 0 spiro atoms. The smallest absolute Gasteiger partial charge is 0.209 e. The Bertz CT molecular complexity index is 477. The zero-order valence-electron chi connectivity index (χ0n) is 10.4. The van der Waals surface area contributed by atoms with Crippen LogP contribution in [0.5, 0.6) is 0 Å². The van der Waals surface area contributed by atoms with Crippen molar-refractivity contribution in [2.24, 2.45) is 5.14 Å². The second-order valence-corrected chi connectivity index (χ2v) is 6.11. The molecular weight excluding hydrogens is 255 g/mol. The van der Waals surface area contributed by atoms with E-state index in [1.165, 1.54) is 6.07 Å². The number of hydrogen-bond donors (Lipinski definition) is 2. The molecule has 0 heterocycles. The van der Waals surface area contributed by atoms with E-state index in [2.05, 4.69) is 5.32 Å². The van der Waals surface area contributed by atoms with Crippen molar-refractivity contribution < 1.29 is 12.8 Å². The summed E-state index contributed by atoms with van der Waals surface area (Å²) in [6.07, 6.45) is 1.03. The van der Waals surface area contributed by atoms with Crippen LogP contribution in [0.1, 0.15) is 18.9 Å². The summed E-state index contributed by atoms with van der Waals surface area (Å²) in [5, 5.41) is 8.03. The zero-order chi connectivity index (χ0) is 13.6. The summed E-state index contributed by atoms with van der Waals surface area (Å²) in [4.78, 5) is 0. The predicted molar refractivity (Wildman–Crippen MR) is 70.2 cm³/mol. The largest absolute Gasteiger partial charge is 0.314 e. The average Bonchev–Trinajstić information content (AvgIpc) is 2.26. The van der Waals surface area contributed by atoms with Gasteiger partial charge in [0.1, 0.15) is 5.82 Å². The quantitative estimate of drug-likeness (QED) is 0.729. The minimum atomic E-state index is -3.39. The predicted octanol–water partition coefficient (Wildman–Crippen LogP) is 1.02. The average molecular weight is 274 g/mol. The second kappa shape index (κ2) is 6.82. The molecule has 0 fully saturated rings. The Morgan fingerprint density at radius 3 is 2.67 bits per heavy atom. The monoisotopic (exact) mass is 274 g/mol. The SMILES string of the molecule is CC(Cc1ccccc1F)NCCCS(N)(=O)=O. The molecule has 6 heteroatoms. The van der Waals surface area contributed by atoms with Crippen molar-refractivity contribution in [3.05, 3.63) is 35.6 Å². The van der Waals surface area contributed by atoms with Gasteiger partial charge in [-0.2, -0.15) is 0 Å². The van der Waals surface area contributed by atoms with Crippen LogP contribution < -0.4 is 10.5 Å². The molecular formula is C12H19FN2O2S. The van der Waals surface area contributed by atoms with E-state index in [4.69, 9.17) is 5.14 Å². The van der Waals surface area contributed by atoms with Crippen molar-refractivity contribution in [3.63, 3.8) is 0 Å². The lowest BCUT2D eigenvalue weighted by atomic mass is 10.1. The van der Waals surface area contributed by atoms with E-state index in [-0.39, 0.29) is 17.6 Å². The summed E-state index contributed by atoms with van der Waals surface area (Å²) < 4.78 is 34.8. The molecule has 0 saturated carbocycles. The van der Waals surface area contributed by atoms with Gasteiger partial charge in [0.05, 0.1) is 5.75 Å². The van der Waals surface area contributed by atoms with E-state index in [0.29, 0.717) is 24.9 Å². The third-order valence-electron chi connectivity index (χ3n) is 2.58. The van der Waals surface area contributed by atoms with Crippen LogP contribution in [0.2, 0.25) is 0 Å². The summed E-state index contributed by atoms with van der Waals surface area (Å²) in [5.41, 5.74) is 0.656. The topological polar surface area (TPSA) is 72.2 Å². The van der Waals surface area contributed by atoms with Gasteiger partial charge in [0, 0.05) is 6.04 Å². The van der Waals surface area contributed by atoms with E-state index in [1.54, 1.807) is 18.2 Å². The minimum Gasteiger partial charge on any atom is -0.314 e. The maximum absolute atomic E-state index is 13.4. The van der Waals surface area contributed by atoms with Crippen molar-refractivity contribution in [3.8, 4) is 0 Å². The van der Waals surface area contributed by atoms with E-state index in [0.717, 1.165) is 0 Å². The third-order valence-corrected chi connectivity index (χ3v) is 3.44. The first-order valence-corrected chi connectivity index (χ1v) is 7.57. The van der Waals surface area contributed by atoms with E-state index >= 15 is 0 Å². The normalized spacial score (nSPS) is 13.5. The molecule has 0 radical (unpaired) electrons. The Kier molecular flexibility index (Phi) is 5.71. The number of nitrogens with one attached hydrogen (secondary N) is 1. The molecule has 1 atom stereocenters. The molecule has 0 aromatic heterocycles. The summed E-state index contributed by atoms with van der Waals surface area (Å²) in [7, 11) is -3.39. The number of benzene rings is 1. The summed E-state index contributed by atoms with van der Waals surface area (Å²) in [6, 6.07) is 6.72. The van der Waals surface area contributed by atoms with E-state index in [9.17, 15) is 12.8 Å². The van der Waals surface area contributed by atoms with Crippen LogP contribution in [0.4, 0.5) is 4.39 Å². The molecule has 0 amide bonds. The number of nitrogens with two attached hydrogens (primary N) is 1. The number of hydrogen-bond acceptors (Lipinski definition) is 3. The van der Waals surface area contributed by atoms with Gasteiger partial charge in [0.15, 0.2) is 0 Å². The fourth-order valence-corrected chi connectivity index (χ4v) is 2.23. The van der Waals surface area contributed by atoms with Gasteiger partial charge in [-0.05, 0) is 37.9 Å². The number of halogens is 1. The van der Waals surface area contributed by atoms with Crippen molar-refractivity contribution >= 4 is 10.0 Å². The van der Waals surface area contributed by atoms with E-state index < -0.39 is 10.0 Å². The summed E-state index contributed by atoms with van der Waals surface area (Å²) >= 11 is 0. The number of primary sulfonamides is 1. The van der Waals surface area contributed by atoms with Crippen LogP contribution in [-0.4, -0.2) is 26.8 Å². The second-order valence-electron chi connectivity index (χ2n) is 4.37. The molecule has 0 saturated heterocycles. The van der Waals surface area contributed by atoms with Crippen molar-refractivity contribution in [2.75, 3.05) is 12.3 Å². The van der Waals surface area contributed by atoms with Crippen LogP contribution in [0.25, 0.3) is 0 Å². The molecule has 1 aromatic carbocycles. The number of sulfonamides is 1. The zero-order valence-corrected chi connectivity index (χ0v) is 11.2. The lowest BCUT2D eigenvalue weighted by molar-refractivity contribution is 0.523. The van der Waals surface area contributed by atoms with Crippen LogP contribution in [0.15, 0.2) is 24.3 Å². The summed E-state index contributed by atoms with van der Waals surface area (Å²) in [5.74, 6) is -0.248. The van der Waals surface area contributed by atoms with Gasteiger partial charge in [-0.15, -0.1) is 0 Å². The Morgan fingerprint density at radius 1 is 1.39 bits per heavy atom. The molecule has 1 unspecified atom stereocenters. The molecule has 18 heavy (non-hydrogen) atoms. The lowest BCUT2D eigenvalue weighted by Gasteiger charge is -2.14. The van der Waals surface area contributed by atoms with Crippen LogP contribution in [0.3, 0.4) is 0 Å². The molecule has 4 nitrogen and oxygen atoms in total. The minimum absolute atomic E-state index is 0.0353.